The van der Waals surface area contributed by atoms with Gasteiger partial charge in [-0.3, -0.25) is 9.78 Å². The minimum Gasteiger partial charge on any atom is -0.312 e. The van der Waals surface area contributed by atoms with Crippen molar-refractivity contribution in [2.45, 2.75) is 19.4 Å². The van der Waals surface area contributed by atoms with E-state index in [9.17, 15) is 4.79 Å². The van der Waals surface area contributed by atoms with E-state index in [1.54, 1.807) is 12.4 Å². The van der Waals surface area contributed by atoms with Crippen molar-refractivity contribution in [3.05, 3.63) is 24.5 Å². The van der Waals surface area contributed by atoms with Gasteiger partial charge in [0.1, 0.15) is 0 Å². The number of hydrogen-bond acceptors (Lipinski definition) is 3. The maximum absolute atomic E-state index is 11.7. The summed E-state index contributed by atoms with van der Waals surface area (Å²) >= 11 is 0. The lowest BCUT2D eigenvalue weighted by Crippen LogP contribution is -2.32. The average molecular weight is 205 g/mol. The third-order valence-electron chi connectivity index (χ3n) is 2.59. The lowest BCUT2D eigenvalue weighted by molar-refractivity contribution is -0.117. The number of aromatic nitrogens is 1. The summed E-state index contributed by atoms with van der Waals surface area (Å²) in [5.74, 6) is 0.187. The first-order valence-electron chi connectivity index (χ1n) is 5.25. The molecule has 2 rings (SSSR count). The number of pyridine rings is 1. The SMILES string of the molecule is CCNC1CC(=O)N(c2ccncc2)C1. The summed E-state index contributed by atoms with van der Waals surface area (Å²) < 4.78 is 0. The van der Waals surface area contributed by atoms with Crippen LogP contribution in [0.15, 0.2) is 24.5 Å². The smallest absolute Gasteiger partial charge is 0.228 e. The second kappa shape index (κ2) is 4.40. The zero-order valence-corrected chi connectivity index (χ0v) is 8.81. The first-order valence-corrected chi connectivity index (χ1v) is 5.25. The Hall–Kier alpha value is -1.42. The van der Waals surface area contributed by atoms with Crippen LogP contribution in [0.4, 0.5) is 5.69 Å². The Morgan fingerprint density at radius 2 is 2.27 bits per heavy atom. The van der Waals surface area contributed by atoms with Gasteiger partial charge >= 0.3 is 0 Å². The van der Waals surface area contributed by atoms with Gasteiger partial charge in [-0.15, -0.1) is 0 Å². The van der Waals surface area contributed by atoms with Gasteiger partial charge < -0.3 is 10.2 Å². The number of nitrogens with zero attached hydrogens (tertiary/aromatic N) is 2. The van der Waals surface area contributed by atoms with E-state index in [4.69, 9.17) is 0 Å². The van der Waals surface area contributed by atoms with E-state index >= 15 is 0 Å². The summed E-state index contributed by atoms with van der Waals surface area (Å²) in [5, 5.41) is 3.30. The van der Waals surface area contributed by atoms with Crippen LogP contribution < -0.4 is 10.2 Å². The van der Waals surface area contributed by atoms with Gasteiger partial charge in [0.05, 0.1) is 0 Å². The van der Waals surface area contributed by atoms with Crippen LogP contribution >= 0.6 is 0 Å². The Morgan fingerprint density at radius 3 is 2.93 bits per heavy atom. The first kappa shape index (κ1) is 10.1. The fourth-order valence-electron chi connectivity index (χ4n) is 1.91. The molecule has 4 nitrogen and oxygen atoms in total. The summed E-state index contributed by atoms with van der Waals surface area (Å²) in [6.07, 6.45) is 4.02. The zero-order chi connectivity index (χ0) is 10.7. The van der Waals surface area contributed by atoms with Crippen LogP contribution in [0.5, 0.6) is 0 Å². The Bertz CT molecular complexity index is 339. The fraction of sp³-hybridized carbons (Fsp3) is 0.455. The molecule has 15 heavy (non-hydrogen) atoms. The number of nitrogens with one attached hydrogen (secondary N) is 1. The molecule has 4 heteroatoms. The Kier molecular flexibility index (Phi) is 2.97. The van der Waals surface area contributed by atoms with Crippen molar-refractivity contribution < 1.29 is 4.79 Å². The van der Waals surface area contributed by atoms with Crippen molar-refractivity contribution in [2.75, 3.05) is 18.0 Å². The average Bonchev–Trinajstić information content (AvgIpc) is 2.61. The molecule has 0 aliphatic carbocycles. The molecule has 1 aliphatic heterocycles. The number of hydrogen-bond donors (Lipinski definition) is 1. The second-order valence-electron chi connectivity index (χ2n) is 3.67. The molecule has 2 heterocycles. The molecule has 0 spiro atoms. The summed E-state index contributed by atoms with van der Waals surface area (Å²) in [4.78, 5) is 17.5. The van der Waals surface area contributed by atoms with Crippen molar-refractivity contribution in [2.24, 2.45) is 0 Å². The standard InChI is InChI=1S/C11H15N3O/c1-2-13-9-7-11(15)14(8-9)10-3-5-12-6-4-10/h3-6,9,13H,2,7-8H2,1H3. The van der Waals surface area contributed by atoms with Gasteiger partial charge in [-0.05, 0) is 18.7 Å². The molecule has 1 aliphatic rings. The molecule has 0 bridgehead atoms. The fourth-order valence-corrected chi connectivity index (χ4v) is 1.91. The van der Waals surface area contributed by atoms with Crippen molar-refractivity contribution in [1.29, 1.82) is 0 Å². The Morgan fingerprint density at radius 1 is 1.53 bits per heavy atom. The van der Waals surface area contributed by atoms with Crippen LogP contribution in [0, 0.1) is 0 Å². The van der Waals surface area contributed by atoms with Crippen LogP contribution in [0.2, 0.25) is 0 Å². The highest BCUT2D eigenvalue weighted by Crippen LogP contribution is 2.20. The third-order valence-corrected chi connectivity index (χ3v) is 2.59. The predicted molar refractivity (Wildman–Crippen MR) is 58.7 cm³/mol. The maximum Gasteiger partial charge on any atom is 0.228 e. The van der Waals surface area contributed by atoms with Crippen LogP contribution in [0.1, 0.15) is 13.3 Å². The maximum atomic E-state index is 11.7. The number of anilines is 1. The molecule has 1 atom stereocenters. The van der Waals surface area contributed by atoms with Crippen LogP contribution in [0.25, 0.3) is 0 Å². The van der Waals surface area contributed by atoms with Gasteiger partial charge in [0.2, 0.25) is 5.91 Å². The Labute approximate surface area is 89.3 Å². The number of rotatable bonds is 3. The highest BCUT2D eigenvalue weighted by Gasteiger charge is 2.29. The lowest BCUT2D eigenvalue weighted by atomic mass is 10.2. The molecule has 1 fully saturated rings. The van der Waals surface area contributed by atoms with E-state index in [1.165, 1.54) is 0 Å². The largest absolute Gasteiger partial charge is 0.312 e. The lowest BCUT2D eigenvalue weighted by Gasteiger charge is -2.16. The predicted octanol–water partition coefficient (Wildman–Crippen LogP) is 0.796. The second-order valence-corrected chi connectivity index (χ2v) is 3.67. The summed E-state index contributed by atoms with van der Waals surface area (Å²) in [6.45, 7) is 3.72. The molecule has 0 saturated carbocycles. The van der Waals surface area contributed by atoms with Gasteiger partial charge in [0.15, 0.2) is 0 Å². The molecule has 80 valence electrons. The number of amides is 1. The van der Waals surface area contributed by atoms with Crippen LogP contribution in [0.3, 0.4) is 0 Å². The molecule has 1 amide bonds. The molecular weight excluding hydrogens is 190 g/mol. The van der Waals surface area contributed by atoms with E-state index < -0.39 is 0 Å². The van der Waals surface area contributed by atoms with Gasteiger partial charge in [-0.25, -0.2) is 0 Å². The van der Waals surface area contributed by atoms with E-state index in [-0.39, 0.29) is 11.9 Å². The van der Waals surface area contributed by atoms with E-state index in [1.807, 2.05) is 17.0 Å². The summed E-state index contributed by atoms with van der Waals surface area (Å²) in [7, 11) is 0. The van der Waals surface area contributed by atoms with E-state index in [2.05, 4.69) is 17.2 Å². The van der Waals surface area contributed by atoms with Gasteiger partial charge in [0, 0.05) is 37.1 Å². The number of carbonyl (C=O) groups is 1. The molecule has 0 radical (unpaired) electrons. The third kappa shape index (κ3) is 2.15. The van der Waals surface area contributed by atoms with Crippen molar-refractivity contribution in [3.63, 3.8) is 0 Å². The topological polar surface area (TPSA) is 45.2 Å². The van der Waals surface area contributed by atoms with Crippen molar-refractivity contribution in [3.8, 4) is 0 Å². The van der Waals surface area contributed by atoms with Crippen LogP contribution in [-0.2, 0) is 4.79 Å². The molecule has 1 N–H and O–H groups in total. The number of carbonyl (C=O) groups excluding carboxylic acids is 1. The van der Waals surface area contributed by atoms with Crippen molar-refractivity contribution in [1.82, 2.24) is 10.3 Å². The molecule has 1 aromatic heterocycles. The van der Waals surface area contributed by atoms with E-state index in [0.29, 0.717) is 6.42 Å². The molecule has 1 saturated heterocycles. The quantitative estimate of drug-likeness (QED) is 0.793. The molecule has 0 aromatic carbocycles. The monoisotopic (exact) mass is 205 g/mol. The Balaban J connectivity index is 2.09. The molecule has 1 unspecified atom stereocenters. The highest BCUT2D eigenvalue weighted by molar-refractivity contribution is 5.96. The first-order chi connectivity index (χ1) is 7.31. The minimum absolute atomic E-state index is 0.187. The zero-order valence-electron chi connectivity index (χ0n) is 8.81. The minimum atomic E-state index is 0.187. The van der Waals surface area contributed by atoms with Crippen molar-refractivity contribution >= 4 is 11.6 Å². The molecular formula is C11H15N3O. The summed E-state index contributed by atoms with van der Waals surface area (Å²) in [5.41, 5.74) is 0.940. The van der Waals surface area contributed by atoms with Crippen LogP contribution in [-0.4, -0.2) is 30.0 Å². The van der Waals surface area contributed by atoms with Gasteiger partial charge in [-0.1, -0.05) is 6.92 Å². The summed E-state index contributed by atoms with van der Waals surface area (Å²) in [6, 6.07) is 4.02. The normalized spacial score (nSPS) is 21.0. The van der Waals surface area contributed by atoms with Gasteiger partial charge in [-0.2, -0.15) is 0 Å². The molecule has 1 aromatic rings. The number of likely N-dealkylation sites (N-methyl/N-ethyl adjacent to an activating group) is 1. The van der Waals surface area contributed by atoms with Gasteiger partial charge in [0.25, 0.3) is 0 Å². The van der Waals surface area contributed by atoms with E-state index in [0.717, 1.165) is 18.8 Å². The highest BCUT2D eigenvalue weighted by atomic mass is 16.2.